The van der Waals surface area contributed by atoms with Crippen LogP contribution in [0.4, 0.5) is 0 Å². The summed E-state index contributed by atoms with van der Waals surface area (Å²) in [5.74, 6) is 1.39. The molecule has 1 atom stereocenters. The van der Waals surface area contributed by atoms with E-state index in [1.54, 1.807) is 7.11 Å². The molecule has 106 valence electrons. The number of nitrogens with one attached hydrogen (secondary N) is 1. The Morgan fingerprint density at radius 2 is 1.95 bits per heavy atom. The van der Waals surface area contributed by atoms with Crippen LogP contribution in [0.25, 0.3) is 0 Å². The standard InChI is InChI=1S/C14H22N2O3/c1-18-13-4-2-3-5-14(13)19-11-12(17)10-16-8-6-15-7-9-16/h2-5,12,15,17H,6-11H2,1H3/p+2/t12-/m1/s1. The zero-order valence-corrected chi connectivity index (χ0v) is 11.5. The smallest absolute Gasteiger partial charge is 0.161 e. The molecule has 1 fully saturated rings. The molecule has 1 saturated heterocycles. The number of methoxy groups -OCH3 is 1. The third-order valence-corrected chi connectivity index (χ3v) is 3.43. The summed E-state index contributed by atoms with van der Waals surface area (Å²) in [6.07, 6.45) is -0.432. The van der Waals surface area contributed by atoms with E-state index in [-0.39, 0.29) is 0 Å². The summed E-state index contributed by atoms with van der Waals surface area (Å²) in [6, 6.07) is 7.51. The highest BCUT2D eigenvalue weighted by molar-refractivity contribution is 5.39. The van der Waals surface area contributed by atoms with E-state index in [2.05, 4.69) is 5.32 Å². The molecule has 2 rings (SSSR count). The molecule has 0 radical (unpaired) electrons. The van der Waals surface area contributed by atoms with Gasteiger partial charge in [0.2, 0.25) is 0 Å². The minimum absolute atomic E-state index is 0.313. The Bertz CT molecular complexity index is 381. The van der Waals surface area contributed by atoms with Gasteiger partial charge in [-0.05, 0) is 12.1 Å². The van der Waals surface area contributed by atoms with Gasteiger partial charge in [-0.3, -0.25) is 0 Å². The second kappa shape index (κ2) is 7.33. The highest BCUT2D eigenvalue weighted by atomic mass is 16.5. The molecule has 1 aromatic rings. The molecule has 19 heavy (non-hydrogen) atoms. The number of aliphatic hydroxyl groups is 1. The van der Waals surface area contributed by atoms with E-state index >= 15 is 0 Å². The Kier molecular flexibility index (Phi) is 5.44. The highest BCUT2D eigenvalue weighted by Gasteiger charge is 2.20. The van der Waals surface area contributed by atoms with Crippen LogP contribution in [-0.2, 0) is 0 Å². The average molecular weight is 268 g/mol. The summed E-state index contributed by atoms with van der Waals surface area (Å²) in [6.45, 7) is 5.60. The monoisotopic (exact) mass is 268 g/mol. The number of nitrogens with two attached hydrogens (primary N) is 1. The van der Waals surface area contributed by atoms with Crippen molar-refractivity contribution in [3.8, 4) is 11.5 Å². The maximum atomic E-state index is 10.0. The topological polar surface area (TPSA) is 59.7 Å². The fourth-order valence-corrected chi connectivity index (χ4v) is 2.40. The fourth-order valence-electron chi connectivity index (χ4n) is 2.40. The van der Waals surface area contributed by atoms with E-state index in [1.807, 2.05) is 24.3 Å². The van der Waals surface area contributed by atoms with Gasteiger partial charge in [0.15, 0.2) is 11.5 Å². The first-order valence-corrected chi connectivity index (χ1v) is 6.88. The van der Waals surface area contributed by atoms with Crippen molar-refractivity contribution >= 4 is 0 Å². The number of rotatable bonds is 6. The number of hydrogen-bond donors (Lipinski definition) is 3. The van der Waals surface area contributed by atoms with Crippen LogP contribution < -0.4 is 19.7 Å². The van der Waals surface area contributed by atoms with Crippen molar-refractivity contribution in [2.45, 2.75) is 6.10 Å². The number of piperazine rings is 1. The van der Waals surface area contributed by atoms with Crippen LogP contribution in [0.5, 0.6) is 11.5 Å². The molecule has 0 bridgehead atoms. The minimum atomic E-state index is -0.432. The first kappa shape index (κ1) is 14.1. The number of aliphatic hydroxyl groups excluding tert-OH is 1. The molecular formula is C14H24N2O3+2. The number of quaternary nitrogens is 2. The molecule has 0 aromatic heterocycles. The summed E-state index contributed by atoms with van der Waals surface area (Å²) in [5, 5.41) is 12.4. The number of para-hydroxylation sites is 2. The lowest BCUT2D eigenvalue weighted by Gasteiger charge is -2.24. The fraction of sp³-hybridized carbons (Fsp3) is 0.571. The summed E-state index contributed by atoms with van der Waals surface area (Å²) in [7, 11) is 1.62. The normalized spacial score (nSPS) is 18.0. The molecule has 1 aliphatic heterocycles. The predicted octanol–water partition coefficient (Wildman–Crippen LogP) is -2.10. The quantitative estimate of drug-likeness (QED) is 0.554. The van der Waals surface area contributed by atoms with Gasteiger partial charge >= 0.3 is 0 Å². The van der Waals surface area contributed by atoms with Crippen LogP contribution >= 0.6 is 0 Å². The van der Waals surface area contributed by atoms with Crippen LogP contribution in [0.2, 0.25) is 0 Å². The molecule has 1 aromatic carbocycles. The van der Waals surface area contributed by atoms with Crippen molar-refractivity contribution in [1.82, 2.24) is 0 Å². The Morgan fingerprint density at radius 3 is 2.63 bits per heavy atom. The molecule has 0 amide bonds. The second-order valence-corrected chi connectivity index (χ2v) is 4.94. The summed E-state index contributed by atoms with van der Waals surface area (Å²) >= 11 is 0. The van der Waals surface area contributed by atoms with E-state index in [9.17, 15) is 5.11 Å². The largest absolute Gasteiger partial charge is 0.493 e. The Balaban J connectivity index is 1.77. The number of benzene rings is 1. The zero-order chi connectivity index (χ0) is 13.5. The summed E-state index contributed by atoms with van der Waals surface area (Å²) < 4.78 is 10.8. The maximum Gasteiger partial charge on any atom is 0.161 e. The first-order chi connectivity index (χ1) is 9.29. The average Bonchev–Trinajstić information content (AvgIpc) is 2.46. The van der Waals surface area contributed by atoms with Gasteiger partial charge in [0.1, 0.15) is 45.4 Å². The lowest BCUT2D eigenvalue weighted by Crippen LogP contribution is -3.21. The maximum absolute atomic E-state index is 10.0. The molecular weight excluding hydrogens is 244 g/mol. The molecule has 0 saturated carbocycles. The number of hydrogen-bond acceptors (Lipinski definition) is 3. The van der Waals surface area contributed by atoms with Crippen molar-refractivity contribution < 1.29 is 24.8 Å². The van der Waals surface area contributed by atoms with Gasteiger partial charge in [0, 0.05) is 0 Å². The van der Waals surface area contributed by atoms with Crippen LogP contribution in [0.15, 0.2) is 24.3 Å². The molecule has 0 spiro atoms. The third-order valence-electron chi connectivity index (χ3n) is 3.43. The van der Waals surface area contributed by atoms with E-state index in [1.165, 1.54) is 4.90 Å². The Hall–Kier alpha value is -1.30. The predicted molar refractivity (Wildman–Crippen MR) is 71.7 cm³/mol. The molecule has 5 nitrogen and oxygen atoms in total. The van der Waals surface area contributed by atoms with E-state index in [0.717, 1.165) is 32.7 Å². The van der Waals surface area contributed by atoms with Crippen molar-refractivity contribution in [3.63, 3.8) is 0 Å². The van der Waals surface area contributed by atoms with E-state index in [0.29, 0.717) is 18.1 Å². The van der Waals surface area contributed by atoms with Gasteiger partial charge in [-0.15, -0.1) is 0 Å². The van der Waals surface area contributed by atoms with E-state index < -0.39 is 6.10 Å². The van der Waals surface area contributed by atoms with Gasteiger partial charge < -0.3 is 24.8 Å². The molecule has 5 heteroatoms. The van der Waals surface area contributed by atoms with Gasteiger partial charge in [-0.2, -0.15) is 0 Å². The van der Waals surface area contributed by atoms with Gasteiger partial charge in [-0.25, -0.2) is 0 Å². The molecule has 1 aliphatic rings. The van der Waals surface area contributed by atoms with Gasteiger partial charge in [-0.1, -0.05) is 12.1 Å². The lowest BCUT2D eigenvalue weighted by molar-refractivity contribution is -0.949. The summed E-state index contributed by atoms with van der Waals surface area (Å²) in [4.78, 5) is 1.46. The summed E-state index contributed by atoms with van der Waals surface area (Å²) in [5.41, 5.74) is 0. The second-order valence-electron chi connectivity index (χ2n) is 4.94. The van der Waals surface area contributed by atoms with E-state index in [4.69, 9.17) is 9.47 Å². The van der Waals surface area contributed by atoms with Crippen LogP contribution in [0, 0.1) is 0 Å². The van der Waals surface area contributed by atoms with Crippen molar-refractivity contribution in [2.75, 3.05) is 46.4 Å². The van der Waals surface area contributed by atoms with Crippen molar-refractivity contribution in [3.05, 3.63) is 24.3 Å². The van der Waals surface area contributed by atoms with Crippen LogP contribution in [0.3, 0.4) is 0 Å². The highest BCUT2D eigenvalue weighted by Crippen LogP contribution is 2.25. The molecule has 4 N–H and O–H groups in total. The zero-order valence-electron chi connectivity index (χ0n) is 11.5. The van der Waals surface area contributed by atoms with Crippen LogP contribution in [0.1, 0.15) is 0 Å². The van der Waals surface area contributed by atoms with Gasteiger partial charge in [0.05, 0.1) is 7.11 Å². The Morgan fingerprint density at radius 1 is 1.26 bits per heavy atom. The SMILES string of the molecule is COc1ccccc1OC[C@H](O)C[NH+]1CC[NH2+]CC1. The minimum Gasteiger partial charge on any atom is -0.493 e. The van der Waals surface area contributed by atoms with Crippen LogP contribution in [-0.4, -0.2) is 57.7 Å². The van der Waals surface area contributed by atoms with Crippen molar-refractivity contribution in [2.24, 2.45) is 0 Å². The number of ether oxygens (including phenoxy) is 2. The lowest BCUT2D eigenvalue weighted by atomic mass is 10.3. The molecule has 1 heterocycles. The Labute approximate surface area is 114 Å². The third kappa shape index (κ3) is 4.38. The first-order valence-electron chi connectivity index (χ1n) is 6.88. The van der Waals surface area contributed by atoms with Crippen molar-refractivity contribution in [1.29, 1.82) is 0 Å². The molecule has 0 aliphatic carbocycles. The van der Waals surface area contributed by atoms with Gasteiger partial charge in [0.25, 0.3) is 0 Å². The molecule has 0 unspecified atom stereocenters.